The van der Waals surface area contributed by atoms with Gasteiger partial charge >= 0.3 is 0 Å². The second-order valence-electron chi connectivity index (χ2n) is 7.76. The maximum absolute atomic E-state index is 13.0. The third-order valence-electron chi connectivity index (χ3n) is 5.53. The summed E-state index contributed by atoms with van der Waals surface area (Å²) >= 11 is 0. The number of nitrogens with two attached hydrogens (primary N) is 1. The summed E-state index contributed by atoms with van der Waals surface area (Å²) in [6.45, 7) is 0.540. The summed E-state index contributed by atoms with van der Waals surface area (Å²) in [5.41, 5.74) is 9.23. The first-order chi connectivity index (χ1) is 14.6. The quantitative estimate of drug-likeness (QED) is 0.656. The molecule has 1 aliphatic carbocycles. The Kier molecular flexibility index (Phi) is 6.09. The number of hydrogen-bond donors (Lipinski definition) is 2. The number of aryl methyl sites for hydroxylation is 1. The van der Waals surface area contributed by atoms with Gasteiger partial charge in [0.15, 0.2) is 0 Å². The molecule has 2 aromatic heterocycles. The molecule has 7 nitrogen and oxygen atoms in total. The van der Waals surface area contributed by atoms with Gasteiger partial charge in [-0.1, -0.05) is 43.2 Å². The molecule has 1 aliphatic rings. The highest BCUT2D eigenvalue weighted by Gasteiger charge is 2.28. The second-order valence-corrected chi connectivity index (χ2v) is 7.76. The lowest BCUT2D eigenvalue weighted by molar-refractivity contribution is -0.00460. The Labute approximate surface area is 176 Å². The number of hydrogen-bond acceptors (Lipinski definition) is 5. The number of benzene rings is 1. The molecule has 3 N–H and O–H groups in total. The van der Waals surface area contributed by atoms with Crippen LogP contribution >= 0.6 is 0 Å². The van der Waals surface area contributed by atoms with E-state index in [1.807, 2.05) is 43.6 Å². The Bertz CT molecular complexity index is 1000. The molecule has 2 heterocycles. The largest absolute Gasteiger partial charge is 0.383 e. The van der Waals surface area contributed by atoms with Crippen molar-refractivity contribution in [2.24, 2.45) is 7.05 Å². The van der Waals surface area contributed by atoms with E-state index in [1.54, 1.807) is 23.1 Å². The van der Waals surface area contributed by atoms with Gasteiger partial charge in [0.05, 0.1) is 30.5 Å². The Morgan fingerprint density at radius 3 is 2.77 bits per heavy atom. The molecule has 1 unspecified atom stereocenters. The van der Waals surface area contributed by atoms with Gasteiger partial charge in [-0.2, -0.15) is 5.10 Å². The molecule has 7 heteroatoms. The average Bonchev–Trinajstić information content (AvgIpc) is 3.20. The fourth-order valence-corrected chi connectivity index (χ4v) is 3.87. The maximum atomic E-state index is 13.0. The van der Waals surface area contributed by atoms with E-state index in [0.717, 1.165) is 42.4 Å². The van der Waals surface area contributed by atoms with Crippen LogP contribution in [0.5, 0.6) is 0 Å². The molecule has 0 radical (unpaired) electrons. The summed E-state index contributed by atoms with van der Waals surface area (Å²) in [5, 5.41) is 7.32. The first-order valence-electron chi connectivity index (χ1n) is 10.3. The van der Waals surface area contributed by atoms with E-state index in [2.05, 4.69) is 15.4 Å². The molecular weight excluding hydrogens is 378 g/mol. The van der Waals surface area contributed by atoms with Crippen molar-refractivity contribution in [1.29, 1.82) is 0 Å². The Balaban J connectivity index is 1.46. The summed E-state index contributed by atoms with van der Waals surface area (Å²) in [5.74, 6) is 0.00338. The first-order valence-corrected chi connectivity index (χ1v) is 10.3. The number of nitrogens with one attached hydrogen (secondary N) is 1. The standard InChI is InChI=1S/C23H27N5O2/c1-28-14-18(13-26-28)17-11-19(22(24)25-12-17)23(29)27-20-9-5-6-10-21(20)30-15-16-7-3-2-4-8-16/h2-4,7-8,11-14,20-21H,5-6,9-10,15H2,1H3,(H2,24,25)(H,27,29)/t20?,21-/m0/s1. The molecule has 0 aliphatic heterocycles. The fraction of sp³-hybridized carbons (Fsp3) is 0.348. The molecule has 1 fully saturated rings. The highest BCUT2D eigenvalue weighted by atomic mass is 16.5. The lowest BCUT2D eigenvalue weighted by Crippen LogP contribution is -2.46. The van der Waals surface area contributed by atoms with Gasteiger partial charge in [0.25, 0.3) is 5.91 Å². The van der Waals surface area contributed by atoms with Crippen molar-refractivity contribution in [3.63, 3.8) is 0 Å². The first kappa shape index (κ1) is 20.1. The van der Waals surface area contributed by atoms with E-state index < -0.39 is 0 Å². The van der Waals surface area contributed by atoms with E-state index in [4.69, 9.17) is 10.5 Å². The zero-order chi connectivity index (χ0) is 20.9. The molecule has 0 spiro atoms. The van der Waals surface area contributed by atoms with E-state index in [-0.39, 0.29) is 23.9 Å². The summed E-state index contributed by atoms with van der Waals surface area (Å²) in [6, 6.07) is 11.8. The molecular formula is C23H27N5O2. The van der Waals surface area contributed by atoms with Crippen LogP contribution in [0.2, 0.25) is 0 Å². The van der Waals surface area contributed by atoms with Crippen molar-refractivity contribution in [3.8, 4) is 11.1 Å². The van der Waals surface area contributed by atoms with Gasteiger partial charge in [-0.05, 0) is 24.5 Å². The summed E-state index contributed by atoms with van der Waals surface area (Å²) in [6.07, 6.45) is 9.26. The molecule has 0 saturated heterocycles. The lowest BCUT2D eigenvalue weighted by atomic mass is 9.92. The zero-order valence-electron chi connectivity index (χ0n) is 17.1. The number of nitrogen functional groups attached to an aromatic ring is 1. The normalized spacial score (nSPS) is 18.8. The van der Waals surface area contributed by atoms with Crippen LogP contribution in [0.4, 0.5) is 5.82 Å². The van der Waals surface area contributed by atoms with Crippen LogP contribution < -0.4 is 11.1 Å². The minimum atomic E-state index is -0.217. The molecule has 2 atom stereocenters. The second kappa shape index (κ2) is 9.09. The van der Waals surface area contributed by atoms with Crippen LogP contribution in [0.25, 0.3) is 11.1 Å². The van der Waals surface area contributed by atoms with Crippen LogP contribution in [0, 0.1) is 0 Å². The molecule has 0 bridgehead atoms. The third-order valence-corrected chi connectivity index (χ3v) is 5.53. The van der Waals surface area contributed by atoms with Gasteiger partial charge < -0.3 is 15.8 Å². The monoisotopic (exact) mass is 405 g/mol. The molecule has 1 saturated carbocycles. The molecule has 1 amide bonds. The van der Waals surface area contributed by atoms with Crippen molar-refractivity contribution < 1.29 is 9.53 Å². The van der Waals surface area contributed by atoms with Crippen LogP contribution in [0.3, 0.4) is 0 Å². The fourth-order valence-electron chi connectivity index (χ4n) is 3.87. The van der Waals surface area contributed by atoms with Crippen molar-refractivity contribution in [3.05, 3.63) is 66.1 Å². The maximum Gasteiger partial charge on any atom is 0.255 e. The summed E-state index contributed by atoms with van der Waals surface area (Å²) < 4.78 is 7.88. The predicted octanol–water partition coefficient (Wildman–Crippen LogP) is 3.32. The highest BCUT2D eigenvalue weighted by molar-refractivity contribution is 5.99. The molecule has 3 aromatic rings. The predicted molar refractivity (Wildman–Crippen MR) is 116 cm³/mol. The highest BCUT2D eigenvalue weighted by Crippen LogP contribution is 2.25. The number of nitrogens with zero attached hydrogens (tertiary/aromatic N) is 3. The van der Waals surface area contributed by atoms with E-state index in [1.165, 1.54) is 0 Å². The molecule has 4 rings (SSSR count). The Morgan fingerprint density at radius 1 is 1.20 bits per heavy atom. The van der Waals surface area contributed by atoms with E-state index >= 15 is 0 Å². The summed E-state index contributed by atoms with van der Waals surface area (Å²) in [7, 11) is 1.85. The van der Waals surface area contributed by atoms with Gasteiger partial charge in [0.2, 0.25) is 0 Å². The minimum Gasteiger partial charge on any atom is -0.383 e. The van der Waals surface area contributed by atoms with E-state index in [0.29, 0.717) is 12.2 Å². The van der Waals surface area contributed by atoms with Gasteiger partial charge in [-0.15, -0.1) is 0 Å². The number of ether oxygens (including phenoxy) is 1. The smallest absolute Gasteiger partial charge is 0.255 e. The van der Waals surface area contributed by atoms with Gasteiger partial charge in [0.1, 0.15) is 5.82 Å². The van der Waals surface area contributed by atoms with Crippen molar-refractivity contribution in [1.82, 2.24) is 20.1 Å². The van der Waals surface area contributed by atoms with Crippen molar-refractivity contribution >= 4 is 11.7 Å². The van der Waals surface area contributed by atoms with Gasteiger partial charge in [-0.25, -0.2) is 4.98 Å². The van der Waals surface area contributed by atoms with Crippen LogP contribution in [-0.4, -0.2) is 32.8 Å². The van der Waals surface area contributed by atoms with Crippen LogP contribution in [-0.2, 0) is 18.4 Å². The van der Waals surface area contributed by atoms with E-state index in [9.17, 15) is 4.79 Å². The molecule has 1 aromatic carbocycles. The SMILES string of the molecule is Cn1cc(-c2cnc(N)c(C(=O)NC3CCCC[C@@H]3OCc3ccccc3)c2)cn1. The number of aromatic nitrogens is 3. The Morgan fingerprint density at radius 2 is 2.00 bits per heavy atom. The van der Waals surface area contributed by atoms with Crippen LogP contribution in [0.1, 0.15) is 41.6 Å². The summed E-state index contributed by atoms with van der Waals surface area (Å²) in [4.78, 5) is 17.3. The lowest BCUT2D eigenvalue weighted by Gasteiger charge is -2.32. The number of pyridine rings is 1. The number of amides is 1. The van der Waals surface area contributed by atoms with Gasteiger partial charge in [0, 0.05) is 30.6 Å². The Hall–Kier alpha value is -3.19. The number of rotatable bonds is 6. The topological polar surface area (TPSA) is 95.1 Å². The number of carbonyl (C=O) groups excluding carboxylic acids is 1. The molecule has 156 valence electrons. The average molecular weight is 406 g/mol. The number of carbonyl (C=O) groups is 1. The zero-order valence-corrected chi connectivity index (χ0v) is 17.1. The van der Waals surface area contributed by atoms with Gasteiger partial charge in [-0.3, -0.25) is 9.48 Å². The van der Waals surface area contributed by atoms with Crippen molar-refractivity contribution in [2.75, 3.05) is 5.73 Å². The van der Waals surface area contributed by atoms with Crippen molar-refractivity contribution in [2.45, 2.75) is 44.4 Å². The number of anilines is 1. The minimum absolute atomic E-state index is 0.0152. The molecule has 30 heavy (non-hydrogen) atoms. The third kappa shape index (κ3) is 4.68. The van der Waals surface area contributed by atoms with Crippen LogP contribution in [0.15, 0.2) is 55.0 Å².